The van der Waals surface area contributed by atoms with Gasteiger partial charge in [0.1, 0.15) is 6.23 Å². The van der Waals surface area contributed by atoms with Gasteiger partial charge in [-0.3, -0.25) is 0 Å². The Morgan fingerprint density at radius 3 is 1.92 bits per heavy atom. The van der Waals surface area contributed by atoms with E-state index in [-0.39, 0.29) is 0 Å². The molecule has 2 nitrogen and oxygen atoms in total. The first kappa shape index (κ1) is 9.23. The molecule has 1 rings (SSSR count). The summed E-state index contributed by atoms with van der Waals surface area (Å²) < 4.78 is 0. The topological polar surface area (TPSA) is 46.2 Å². The van der Waals surface area contributed by atoms with Crippen LogP contribution in [0.25, 0.3) is 0 Å². The number of rotatable bonds is 1. The first-order valence-corrected chi connectivity index (χ1v) is 4.03. The summed E-state index contributed by atoms with van der Waals surface area (Å²) in [6.07, 6.45) is -0.856. The highest BCUT2D eigenvalue weighted by atomic mass is 16.3. The van der Waals surface area contributed by atoms with E-state index in [0.717, 1.165) is 16.7 Å². The lowest BCUT2D eigenvalue weighted by atomic mass is 9.99. The summed E-state index contributed by atoms with van der Waals surface area (Å²) in [4.78, 5) is 0. The molecule has 0 fully saturated rings. The van der Waals surface area contributed by atoms with E-state index < -0.39 is 6.23 Å². The van der Waals surface area contributed by atoms with Crippen molar-refractivity contribution < 1.29 is 5.11 Å². The number of hydrogen-bond donors (Lipinski definition) is 2. The van der Waals surface area contributed by atoms with Crippen molar-refractivity contribution >= 4 is 0 Å². The molecular weight excluding hydrogens is 150 g/mol. The SMILES string of the molecule is Cc1cc(C)c(C(N)O)c(C)c1. The van der Waals surface area contributed by atoms with Gasteiger partial charge in [-0.2, -0.15) is 0 Å². The maximum Gasteiger partial charge on any atom is 0.129 e. The third kappa shape index (κ3) is 1.65. The molecule has 0 bridgehead atoms. The summed E-state index contributed by atoms with van der Waals surface area (Å²) in [5.74, 6) is 0. The highest BCUT2D eigenvalue weighted by molar-refractivity contribution is 5.38. The molecule has 1 aromatic rings. The molecular formula is C10H15NO. The van der Waals surface area contributed by atoms with Crippen LogP contribution in [-0.2, 0) is 0 Å². The Bertz CT molecular complexity index is 269. The van der Waals surface area contributed by atoms with E-state index in [4.69, 9.17) is 5.73 Å². The summed E-state index contributed by atoms with van der Waals surface area (Å²) in [7, 11) is 0. The van der Waals surface area contributed by atoms with Crippen LogP contribution in [0.3, 0.4) is 0 Å². The number of benzene rings is 1. The third-order valence-electron chi connectivity index (χ3n) is 2.03. The van der Waals surface area contributed by atoms with Crippen molar-refractivity contribution in [3.63, 3.8) is 0 Å². The zero-order chi connectivity index (χ0) is 9.30. The predicted octanol–water partition coefficient (Wildman–Crippen LogP) is 1.56. The van der Waals surface area contributed by atoms with Crippen LogP contribution in [-0.4, -0.2) is 5.11 Å². The van der Waals surface area contributed by atoms with Gasteiger partial charge in [0.2, 0.25) is 0 Å². The minimum atomic E-state index is -0.856. The van der Waals surface area contributed by atoms with Crippen LogP contribution in [0.5, 0.6) is 0 Å². The maximum atomic E-state index is 9.25. The first-order chi connectivity index (χ1) is 5.52. The van der Waals surface area contributed by atoms with Crippen molar-refractivity contribution in [3.8, 4) is 0 Å². The minimum Gasteiger partial charge on any atom is -0.375 e. The van der Waals surface area contributed by atoms with E-state index >= 15 is 0 Å². The Labute approximate surface area is 73.0 Å². The number of aryl methyl sites for hydroxylation is 3. The molecule has 0 amide bonds. The van der Waals surface area contributed by atoms with Gasteiger partial charge in [-0.05, 0) is 31.9 Å². The van der Waals surface area contributed by atoms with E-state index in [1.807, 2.05) is 32.9 Å². The van der Waals surface area contributed by atoms with Crippen LogP contribution < -0.4 is 5.73 Å². The molecule has 0 saturated heterocycles. The van der Waals surface area contributed by atoms with E-state index in [1.54, 1.807) is 0 Å². The molecule has 1 atom stereocenters. The largest absolute Gasteiger partial charge is 0.375 e. The molecule has 0 aliphatic heterocycles. The van der Waals surface area contributed by atoms with Crippen molar-refractivity contribution in [2.24, 2.45) is 5.73 Å². The molecule has 0 aromatic heterocycles. The van der Waals surface area contributed by atoms with Crippen LogP contribution in [0.2, 0.25) is 0 Å². The van der Waals surface area contributed by atoms with Gasteiger partial charge in [0.25, 0.3) is 0 Å². The molecule has 0 spiro atoms. The van der Waals surface area contributed by atoms with E-state index in [2.05, 4.69) is 0 Å². The second-order valence-electron chi connectivity index (χ2n) is 3.26. The van der Waals surface area contributed by atoms with E-state index in [0.29, 0.717) is 0 Å². The number of hydrogen-bond acceptors (Lipinski definition) is 2. The first-order valence-electron chi connectivity index (χ1n) is 4.03. The summed E-state index contributed by atoms with van der Waals surface area (Å²) in [5.41, 5.74) is 9.59. The van der Waals surface area contributed by atoms with Crippen molar-refractivity contribution in [1.82, 2.24) is 0 Å². The highest BCUT2D eigenvalue weighted by Crippen LogP contribution is 2.20. The summed E-state index contributed by atoms with van der Waals surface area (Å²) in [6, 6.07) is 4.05. The van der Waals surface area contributed by atoms with Crippen molar-refractivity contribution in [1.29, 1.82) is 0 Å². The van der Waals surface area contributed by atoms with Crippen LogP contribution in [0.15, 0.2) is 12.1 Å². The van der Waals surface area contributed by atoms with Crippen LogP contribution in [0.4, 0.5) is 0 Å². The number of nitrogens with two attached hydrogens (primary N) is 1. The molecule has 0 aliphatic carbocycles. The molecule has 0 radical (unpaired) electrons. The van der Waals surface area contributed by atoms with Crippen molar-refractivity contribution in [2.45, 2.75) is 27.0 Å². The van der Waals surface area contributed by atoms with Gasteiger partial charge in [-0.25, -0.2) is 0 Å². The Hall–Kier alpha value is -0.860. The van der Waals surface area contributed by atoms with Gasteiger partial charge in [-0.1, -0.05) is 17.7 Å². The average Bonchev–Trinajstić information content (AvgIpc) is 1.82. The van der Waals surface area contributed by atoms with Crippen LogP contribution >= 0.6 is 0 Å². The molecule has 0 aliphatic rings. The average molecular weight is 165 g/mol. The molecule has 12 heavy (non-hydrogen) atoms. The summed E-state index contributed by atoms with van der Waals surface area (Å²) in [5, 5.41) is 9.25. The Balaban J connectivity index is 3.28. The second kappa shape index (κ2) is 3.25. The quantitative estimate of drug-likeness (QED) is 0.620. The van der Waals surface area contributed by atoms with Crippen molar-refractivity contribution in [3.05, 3.63) is 34.4 Å². The molecule has 66 valence electrons. The highest BCUT2D eigenvalue weighted by Gasteiger charge is 2.08. The van der Waals surface area contributed by atoms with Crippen LogP contribution in [0, 0.1) is 20.8 Å². The maximum absolute atomic E-state index is 9.25. The summed E-state index contributed by atoms with van der Waals surface area (Å²) in [6.45, 7) is 5.96. The fourth-order valence-corrected chi connectivity index (χ4v) is 1.66. The Kier molecular flexibility index (Phi) is 2.50. The Morgan fingerprint density at radius 1 is 1.17 bits per heavy atom. The van der Waals surface area contributed by atoms with Gasteiger partial charge in [-0.15, -0.1) is 0 Å². The molecule has 1 unspecified atom stereocenters. The lowest BCUT2D eigenvalue weighted by molar-refractivity contribution is 0.185. The van der Waals surface area contributed by atoms with Gasteiger partial charge >= 0.3 is 0 Å². The third-order valence-corrected chi connectivity index (χ3v) is 2.03. The zero-order valence-electron chi connectivity index (χ0n) is 7.76. The summed E-state index contributed by atoms with van der Waals surface area (Å²) >= 11 is 0. The monoisotopic (exact) mass is 165 g/mol. The van der Waals surface area contributed by atoms with Crippen LogP contribution in [0.1, 0.15) is 28.5 Å². The van der Waals surface area contributed by atoms with Gasteiger partial charge in [0, 0.05) is 5.56 Å². The normalized spacial score (nSPS) is 13.1. The molecule has 2 heteroatoms. The van der Waals surface area contributed by atoms with Gasteiger partial charge in [0.05, 0.1) is 0 Å². The Morgan fingerprint density at radius 2 is 1.58 bits per heavy atom. The van der Waals surface area contributed by atoms with E-state index in [9.17, 15) is 5.11 Å². The fourth-order valence-electron chi connectivity index (χ4n) is 1.66. The smallest absolute Gasteiger partial charge is 0.129 e. The molecule has 1 aromatic carbocycles. The van der Waals surface area contributed by atoms with Crippen molar-refractivity contribution in [2.75, 3.05) is 0 Å². The minimum absolute atomic E-state index is 0.848. The second-order valence-corrected chi connectivity index (χ2v) is 3.26. The van der Waals surface area contributed by atoms with E-state index in [1.165, 1.54) is 5.56 Å². The molecule has 0 saturated carbocycles. The molecule has 3 N–H and O–H groups in total. The van der Waals surface area contributed by atoms with Gasteiger partial charge < -0.3 is 10.8 Å². The number of aliphatic hydroxyl groups is 1. The van der Waals surface area contributed by atoms with Gasteiger partial charge in [0.15, 0.2) is 0 Å². The zero-order valence-corrected chi connectivity index (χ0v) is 7.76. The fraction of sp³-hybridized carbons (Fsp3) is 0.400. The lowest BCUT2D eigenvalue weighted by Crippen LogP contribution is -2.12. The standard InChI is InChI=1S/C10H15NO/c1-6-4-7(2)9(10(11)12)8(3)5-6/h4-5,10,12H,11H2,1-3H3. The number of aliphatic hydroxyl groups excluding tert-OH is 1. The molecule has 0 heterocycles. The predicted molar refractivity (Wildman–Crippen MR) is 49.8 cm³/mol. The lowest BCUT2D eigenvalue weighted by Gasteiger charge is -2.13.